The number of nitrogens with two attached hydrogens (primary N) is 1. The molecule has 1 aliphatic rings. The third-order valence-electron chi connectivity index (χ3n) is 3.79. The van der Waals surface area contributed by atoms with Gasteiger partial charge in [0.2, 0.25) is 0 Å². The molecular formula is C15H20BrN3O2. The highest BCUT2D eigenvalue weighted by atomic mass is 79.9. The summed E-state index contributed by atoms with van der Waals surface area (Å²) < 4.78 is 0.942. The molecule has 1 heterocycles. The Kier molecular flexibility index (Phi) is 5.22. The Morgan fingerprint density at radius 2 is 2.24 bits per heavy atom. The van der Waals surface area contributed by atoms with Crippen LogP contribution in [0.25, 0.3) is 0 Å². The standard InChI is InChI=1S/C15H20BrN3O2/c1-10-4-5-12(7-13(10)16)14(20)19-6-2-3-11(9-19)8-18-15(17)21/h4-5,7,11H,2-3,6,8-9H2,1H3,(H3,17,18,21). The first kappa shape index (κ1) is 15.8. The molecule has 21 heavy (non-hydrogen) atoms. The molecule has 1 aromatic carbocycles. The molecule has 3 amide bonds. The molecule has 1 unspecified atom stereocenters. The van der Waals surface area contributed by atoms with E-state index >= 15 is 0 Å². The van der Waals surface area contributed by atoms with Crippen LogP contribution < -0.4 is 11.1 Å². The number of carbonyl (C=O) groups is 2. The van der Waals surface area contributed by atoms with E-state index < -0.39 is 6.03 Å². The van der Waals surface area contributed by atoms with Gasteiger partial charge < -0.3 is 16.0 Å². The molecule has 1 saturated heterocycles. The topological polar surface area (TPSA) is 75.4 Å². The number of urea groups is 1. The number of benzene rings is 1. The quantitative estimate of drug-likeness (QED) is 0.874. The van der Waals surface area contributed by atoms with Crippen LogP contribution in [0, 0.1) is 12.8 Å². The van der Waals surface area contributed by atoms with Crippen LogP contribution in [0.15, 0.2) is 22.7 Å². The number of nitrogens with one attached hydrogen (secondary N) is 1. The third-order valence-corrected chi connectivity index (χ3v) is 4.64. The number of carbonyl (C=O) groups excluding carboxylic acids is 2. The van der Waals surface area contributed by atoms with Gasteiger partial charge in [-0.15, -0.1) is 0 Å². The van der Waals surface area contributed by atoms with E-state index in [2.05, 4.69) is 21.2 Å². The summed E-state index contributed by atoms with van der Waals surface area (Å²) >= 11 is 3.46. The van der Waals surface area contributed by atoms with Gasteiger partial charge in [-0.05, 0) is 43.4 Å². The van der Waals surface area contributed by atoms with Gasteiger partial charge in [0.05, 0.1) is 0 Å². The second kappa shape index (κ2) is 6.93. The van der Waals surface area contributed by atoms with E-state index in [9.17, 15) is 9.59 Å². The lowest BCUT2D eigenvalue weighted by molar-refractivity contribution is 0.0675. The molecule has 0 radical (unpaired) electrons. The van der Waals surface area contributed by atoms with Gasteiger partial charge >= 0.3 is 6.03 Å². The molecule has 3 N–H and O–H groups in total. The Morgan fingerprint density at radius 3 is 2.90 bits per heavy atom. The van der Waals surface area contributed by atoms with Gasteiger partial charge in [-0.1, -0.05) is 22.0 Å². The molecule has 0 spiro atoms. The van der Waals surface area contributed by atoms with Crippen LogP contribution in [-0.2, 0) is 0 Å². The van der Waals surface area contributed by atoms with E-state index in [4.69, 9.17) is 5.73 Å². The monoisotopic (exact) mass is 353 g/mol. The van der Waals surface area contributed by atoms with Crippen LogP contribution in [-0.4, -0.2) is 36.5 Å². The van der Waals surface area contributed by atoms with Crippen LogP contribution >= 0.6 is 15.9 Å². The molecular weight excluding hydrogens is 334 g/mol. The Balaban J connectivity index is 2.01. The van der Waals surface area contributed by atoms with Crippen molar-refractivity contribution in [2.24, 2.45) is 11.7 Å². The fourth-order valence-electron chi connectivity index (χ4n) is 2.57. The Bertz CT molecular complexity index is 548. The van der Waals surface area contributed by atoms with Gasteiger partial charge in [0.25, 0.3) is 5.91 Å². The summed E-state index contributed by atoms with van der Waals surface area (Å²) in [5.41, 5.74) is 6.89. The largest absolute Gasteiger partial charge is 0.352 e. The van der Waals surface area contributed by atoms with Crippen molar-refractivity contribution in [1.82, 2.24) is 10.2 Å². The fraction of sp³-hybridized carbons (Fsp3) is 0.467. The van der Waals surface area contributed by atoms with Crippen molar-refractivity contribution >= 4 is 27.9 Å². The first-order valence-corrected chi connectivity index (χ1v) is 7.85. The Labute approximate surface area is 133 Å². The number of likely N-dealkylation sites (tertiary alicyclic amines) is 1. The molecule has 0 bridgehead atoms. The number of primary amides is 1. The number of hydrogen-bond acceptors (Lipinski definition) is 2. The lowest BCUT2D eigenvalue weighted by Crippen LogP contribution is -2.44. The van der Waals surface area contributed by atoms with Gasteiger partial charge in [0, 0.05) is 29.7 Å². The Morgan fingerprint density at radius 1 is 1.48 bits per heavy atom. The minimum absolute atomic E-state index is 0.0412. The van der Waals surface area contributed by atoms with Gasteiger partial charge in [-0.2, -0.15) is 0 Å². The van der Waals surface area contributed by atoms with Gasteiger partial charge in [-0.3, -0.25) is 4.79 Å². The predicted molar refractivity (Wildman–Crippen MR) is 85.1 cm³/mol. The molecule has 1 aromatic rings. The van der Waals surface area contributed by atoms with Crippen molar-refractivity contribution in [3.63, 3.8) is 0 Å². The number of piperidine rings is 1. The van der Waals surface area contributed by atoms with Crippen LogP contribution in [0.2, 0.25) is 0 Å². The maximum absolute atomic E-state index is 12.5. The number of amides is 3. The van der Waals surface area contributed by atoms with Crippen LogP contribution in [0.1, 0.15) is 28.8 Å². The molecule has 5 nitrogen and oxygen atoms in total. The second-order valence-electron chi connectivity index (χ2n) is 5.47. The van der Waals surface area contributed by atoms with Gasteiger partial charge in [-0.25, -0.2) is 4.79 Å². The van der Waals surface area contributed by atoms with Crippen LogP contribution in [0.3, 0.4) is 0 Å². The van der Waals surface area contributed by atoms with E-state index in [1.165, 1.54) is 0 Å². The molecule has 1 atom stereocenters. The number of aryl methyl sites for hydroxylation is 1. The maximum atomic E-state index is 12.5. The molecule has 114 valence electrons. The number of hydrogen-bond donors (Lipinski definition) is 2. The minimum atomic E-state index is -0.513. The summed E-state index contributed by atoms with van der Waals surface area (Å²) in [5, 5.41) is 2.62. The number of halogens is 1. The molecule has 0 aliphatic carbocycles. The summed E-state index contributed by atoms with van der Waals surface area (Å²) in [6.45, 7) is 3.93. The van der Waals surface area contributed by atoms with Gasteiger partial charge in [0.1, 0.15) is 0 Å². The minimum Gasteiger partial charge on any atom is -0.352 e. The molecule has 1 aliphatic heterocycles. The summed E-state index contributed by atoms with van der Waals surface area (Å²) in [7, 11) is 0. The maximum Gasteiger partial charge on any atom is 0.312 e. The summed E-state index contributed by atoms with van der Waals surface area (Å²) in [6.07, 6.45) is 1.95. The van der Waals surface area contributed by atoms with E-state index in [0.717, 1.165) is 29.4 Å². The van der Waals surface area contributed by atoms with Crippen LogP contribution in [0.4, 0.5) is 4.79 Å². The first-order chi connectivity index (χ1) is 9.97. The van der Waals surface area contributed by atoms with Gasteiger partial charge in [0.15, 0.2) is 0 Å². The fourth-order valence-corrected chi connectivity index (χ4v) is 2.95. The first-order valence-electron chi connectivity index (χ1n) is 7.06. The van der Waals surface area contributed by atoms with Crippen molar-refractivity contribution < 1.29 is 9.59 Å². The molecule has 0 saturated carbocycles. The lowest BCUT2D eigenvalue weighted by Gasteiger charge is -2.33. The Hall–Kier alpha value is -1.56. The van der Waals surface area contributed by atoms with Crippen molar-refractivity contribution in [3.8, 4) is 0 Å². The molecule has 1 fully saturated rings. The smallest absolute Gasteiger partial charge is 0.312 e. The highest BCUT2D eigenvalue weighted by Crippen LogP contribution is 2.21. The second-order valence-corrected chi connectivity index (χ2v) is 6.32. The molecule has 0 aromatic heterocycles. The number of nitrogens with zero attached hydrogens (tertiary/aromatic N) is 1. The predicted octanol–water partition coefficient (Wildman–Crippen LogP) is 2.28. The number of rotatable bonds is 3. The van der Waals surface area contributed by atoms with E-state index in [-0.39, 0.29) is 11.8 Å². The third kappa shape index (κ3) is 4.20. The lowest BCUT2D eigenvalue weighted by atomic mass is 9.97. The van der Waals surface area contributed by atoms with Crippen molar-refractivity contribution in [2.45, 2.75) is 19.8 Å². The SMILES string of the molecule is Cc1ccc(C(=O)N2CCCC(CNC(N)=O)C2)cc1Br. The van der Waals surface area contributed by atoms with E-state index in [1.54, 1.807) is 0 Å². The summed E-state index contributed by atoms with van der Waals surface area (Å²) in [5.74, 6) is 0.309. The summed E-state index contributed by atoms with van der Waals surface area (Å²) in [6, 6.07) is 5.14. The average molecular weight is 354 g/mol. The molecule has 6 heteroatoms. The normalized spacial score (nSPS) is 18.4. The summed E-state index contributed by atoms with van der Waals surface area (Å²) in [4.78, 5) is 25.2. The average Bonchev–Trinajstić information content (AvgIpc) is 2.47. The molecule has 2 rings (SSSR count). The highest BCUT2D eigenvalue weighted by Gasteiger charge is 2.24. The van der Waals surface area contributed by atoms with Crippen LogP contribution in [0.5, 0.6) is 0 Å². The zero-order chi connectivity index (χ0) is 15.4. The van der Waals surface area contributed by atoms with E-state index in [0.29, 0.717) is 18.7 Å². The van der Waals surface area contributed by atoms with E-state index in [1.807, 2.05) is 30.0 Å². The zero-order valence-electron chi connectivity index (χ0n) is 12.1. The van der Waals surface area contributed by atoms with Crippen molar-refractivity contribution in [3.05, 3.63) is 33.8 Å². The zero-order valence-corrected chi connectivity index (χ0v) is 13.6. The van der Waals surface area contributed by atoms with Crippen molar-refractivity contribution in [2.75, 3.05) is 19.6 Å². The van der Waals surface area contributed by atoms with Crippen molar-refractivity contribution in [1.29, 1.82) is 0 Å². The highest BCUT2D eigenvalue weighted by molar-refractivity contribution is 9.10.